The lowest BCUT2D eigenvalue weighted by molar-refractivity contribution is -0.128. The van der Waals surface area contributed by atoms with Gasteiger partial charge in [-0.05, 0) is 57.8 Å². The number of hydrogen-bond donors (Lipinski definition) is 3. The van der Waals surface area contributed by atoms with E-state index in [9.17, 15) is 19.5 Å². The molecule has 0 saturated carbocycles. The molecule has 0 fully saturated rings. The van der Waals surface area contributed by atoms with Gasteiger partial charge in [-0.2, -0.15) is 11.3 Å². The van der Waals surface area contributed by atoms with Crippen molar-refractivity contribution in [2.75, 3.05) is 18.5 Å². The van der Waals surface area contributed by atoms with Crippen molar-refractivity contribution in [3.8, 4) is 11.1 Å². The molecule has 3 rings (SSSR count). The van der Waals surface area contributed by atoms with Crippen molar-refractivity contribution in [1.29, 1.82) is 0 Å². The van der Waals surface area contributed by atoms with E-state index in [1.165, 1.54) is 18.2 Å². The van der Waals surface area contributed by atoms with Crippen LogP contribution in [0.15, 0.2) is 59.3 Å². The van der Waals surface area contributed by atoms with Gasteiger partial charge in [0.2, 0.25) is 11.8 Å². The average Bonchev–Trinajstić information content (AvgIpc) is 3.28. The number of carboxylic acids is 1. The minimum atomic E-state index is -1.22. The van der Waals surface area contributed by atoms with Crippen molar-refractivity contribution in [2.45, 2.75) is 6.54 Å². The van der Waals surface area contributed by atoms with E-state index < -0.39 is 18.5 Å². The van der Waals surface area contributed by atoms with E-state index in [2.05, 4.69) is 16.0 Å². The highest BCUT2D eigenvalue weighted by Crippen LogP contribution is 2.23. The van der Waals surface area contributed by atoms with Gasteiger partial charge < -0.3 is 20.5 Å². The Labute approximate surface area is 187 Å². The van der Waals surface area contributed by atoms with Gasteiger partial charge in [0.15, 0.2) is 0 Å². The maximum Gasteiger partial charge on any atom is 0.337 e. The molecule has 7 nitrogen and oxygen atoms in total. The smallest absolute Gasteiger partial charge is 0.337 e. The van der Waals surface area contributed by atoms with Crippen molar-refractivity contribution in [2.24, 2.45) is 0 Å². The molecule has 0 radical (unpaired) electrons. The molecule has 0 atom stereocenters. The van der Waals surface area contributed by atoms with E-state index in [-0.39, 0.29) is 28.8 Å². The zero-order valence-electron chi connectivity index (χ0n) is 16.3. The molecular formula is C22H19ClN2O5S. The third-order valence-electron chi connectivity index (χ3n) is 4.22. The number of benzene rings is 2. The minimum absolute atomic E-state index is 0.0976. The number of thiophene rings is 1. The highest BCUT2D eigenvalue weighted by atomic mass is 35.5. The molecule has 0 aliphatic rings. The molecule has 0 unspecified atom stereocenters. The van der Waals surface area contributed by atoms with Crippen LogP contribution in [0.5, 0.6) is 0 Å². The third-order valence-corrected chi connectivity index (χ3v) is 5.14. The number of hydrogen-bond acceptors (Lipinski definition) is 5. The van der Waals surface area contributed by atoms with Gasteiger partial charge in [0.05, 0.1) is 11.3 Å². The Morgan fingerprint density at radius 2 is 1.81 bits per heavy atom. The fraction of sp³-hybridized carbons (Fsp3) is 0.136. The molecule has 1 aromatic heterocycles. The van der Waals surface area contributed by atoms with Gasteiger partial charge in [0.25, 0.3) is 0 Å². The summed E-state index contributed by atoms with van der Waals surface area (Å²) in [7, 11) is 0. The van der Waals surface area contributed by atoms with Gasteiger partial charge in [-0.15, -0.1) is 0 Å². The van der Waals surface area contributed by atoms with E-state index in [0.717, 1.165) is 16.7 Å². The van der Waals surface area contributed by atoms with Crippen LogP contribution in [0.1, 0.15) is 15.9 Å². The number of amides is 2. The number of carboxylic acid groups (broad SMARTS) is 1. The highest BCUT2D eigenvalue weighted by molar-refractivity contribution is 7.08. The van der Waals surface area contributed by atoms with Crippen LogP contribution in [0.2, 0.25) is 5.02 Å². The van der Waals surface area contributed by atoms with E-state index in [4.69, 9.17) is 16.3 Å². The standard InChI is InChI=1S/C22H19ClN2O5S/c23-17-4-5-19(18(9-17)22(28)29)25-21(27)12-30-11-20(26)24-10-14-2-1-3-15(8-14)16-6-7-31-13-16/h1-9,13H,10-12H2,(H,24,26)(H,25,27)(H,28,29). The summed E-state index contributed by atoms with van der Waals surface area (Å²) in [6.45, 7) is -0.369. The number of carbonyl (C=O) groups excluding carboxylic acids is 2. The Bertz CT molecular complexity index is 1090. The summed E-state index contributed by atoms with van der Waals surface area (Å²) in [5, 5.41) is 18.7. The van der Waals surface area contributed by atoms with E-state index in [1.54, 1.807) is 11.3 Å². The van der Waals surface area contributed by atoms with Crippen LogP contribution in [0, 0.1) is 0 Å². The number of nitrogens with one attached hydrogen (secondary N) is 2. The summed E-state index contributed by atoms with van der Waals surface area (Å²) >= 11 is 7.40. The molecule has 0 bridgehead atoms. The average molecular weight is 459 g/mol. The monoisotopic (exact) mass is 458 g/mol. The molecule has 1 heterocycles. The molecule has 31 heavy (non-hydrogen) atoms. The van der Waals surface area contributed by atoms with Crippen LogP contribution in [0.4, 0.5) is 5.69 Å². The van der Waals surface area contributed by atoms with Crippen molar-refractivity contribution in [3.63, 3.8) is 0 Å². The molecule has 0 saturated heterocycles. The molecule has 0 aliphatic carbocycles. The second-order valence-electron chi connectivity index (χ2n) is 6.53. The Balaban J connectivity index is 1.43. The molecule has 0 spiro atoms. The lowest BCUT2D eigenvalue weighted by Gasteiger charge is -2.10. The molecular weight excluding hydrogens is 440 g/mol. The molecule has 2 amide bonds. The minimum Gasteiger partial charge on any atom is -0.478 e. The Hall–Kier alpha value is -3.20. The summed E-state index contributed by atoms with van der Waals surface area (Å²) in [6.07, 6.45) is 0. The number of halogens is 1. The first-order chi connectivity index (χ1) is 14.9. The number of aromatic carboxylic acids is 1. The zero-order valence-corrected chi connectivity index (χ0v) is 17.8. The van der Waals surface area contributed by atoms with Crippen LogP contribution in [-0.2, 0) is 20.9 Å². The van der Waals surface area contributed by atoms with Gasteiger partial charge in [0, 0.05) is 11.6 Å². The summed E-state index contributed by atoms with van der Waals surface area (Å²) in [6, 6.07) is 14.0. The summed E-state index contributed by atoms with van der Waals surface area (Å²) < 4.78 is 5.13. The second-order valence-corrected chi connectivity index (χ2v) is 7.74. The van der Waals surface area contributed by atoms with Gasteiger partial charge in [-0.1, -0.05) is 29.8 Å². The lowest BCUT2D eigenvalue weighted by atomic mass is 10.1. The highest BCUT2D eigenvalue weighted by Gasteiger charge is 2.14. The molecule has 3 aromatic rings. The van der Waals surface area contributed by atoms with Gasteiger partial charge in [0.1, 0.15) is 13.2 Å². The van der Waals surface area contributed by atoms with Gasteiger partial charge >= 0.3 is 5.97 Å². The van der Waals surface area contributed by atoms with Crippen LogP contribution < -0.4 is 10.6 Å². The van der Waals surface area contributed by atoms with Crippen molar-refractivity contribution < 1.29 is 24.2 Å². The first-order valence-corrected chi connectivity index (χ1v) is 10.5. The Morgan fingerprint density at radius 3 is 2.55 bits per heavy atom. The predicted molar refractivity (Wildman–Crippen MR) is 119 cm³/mol. The lowest BCUT2D eigenvalue weighted by Crippen LogP contribution is -2.29. The van der Waals surface area contributed by atoms with E-state index in [1.807, 2.05) is 35.7 Å². The molecule has 0 aliphatic heterocycles. The number of anilines is 1. The number of carbonyl (C=O) groups is 3. The number of ether oxygens (including phenoxy) is 1. The Morgan fingerprint density at radius 1 is 1.00 bits per heavy atom. The van der Waals surface area contributed by atoms with Crippen molar-refractivity contribution in [1.82, 2.24) is 5.32 Å². The van der Waals surface area contributed by atoms with Crippen LogP contribution in [0.3, 0.4) is 0 Å². The van der Waals surface area contributed by atoms with Crippen LogP contribution in [0.25, 0.3) is 11.1 Å². The van der Waals surface area contributed by atoms with Gasteiger partial charge in [-0.25, -0.2) is 4.79 Å². The SMILES string of the molecule is O=C(COCC(=O)Nc1ccc(Cl)cc1C(=O)O)NCc1cccc(-c2ccsc2)c1. The summed E-state index contributed by atoms with van der Waals surface area (Å²) in [4.78, 5) is 35.2. The second kappa shape index (κ2) is 10.7. The largest absolute Gasteiger partial charge is 0.478 e. The van der Waals surface area contributed by atoms with E-state index >= 15 is 0 Å². The summed E-state index contributed by atoms with van der Waals surface area (Å²) in [5.74, 6) is -2.17. The first-order valence-electron chi connectivity index (χ1n) is 9.21. The van der Waals surface area contributed by atoms with Crippen LogP contribution in [-0.4, -0.2) is 36.1 Å². The quantitative estimate of drug-likeness (QED) is 0.449. The fourth-order valence-corrected chi connectivity index (χ4v) is 3.60. The first kappa shape index (κ1) is 22.5. The fourth-order valence-electron chi connectivity index (χ4n) is 2.77. The van der Waals surface area contributed by atoms with Gasteiger partial charge in [-0.3, -0.25) is 9.59 Å². The van der Waals surface area contributed by atoms with Crippen molar-refractivity contribution in [3.05, 3.63) is 75.4 Å². The Kier molecular flexibility index (Phi) is 7.77. The molecule has 2 aromatic carbocycles. The van der Waals surface area contributed by atoms with Crippen LogP contribution >= 0.6 is 22.9 Å². The predicted octanol–water partition coefficient (Wildman–Crippen LogP) is 4.04. The van der Waals surface area contributed by atoms with E-state index in [0.29, 0.717) is 6.54 Å². The summed E-state index contributed by atoms with van der Waals surface area (Å²) in [5.41, 5.74) is 3.10. The molecule has 9 heteroatoms. The maximum atomic E-state index is 12.0. The maximum absolute atomic E-state index is 12.0. The molecule has 160 valence electrons. The number of rotatable bonds is 9. The topological polar surface area (TPSA) is 105 Å². The normalized spacial score (nSPS) is 10.5. The zero-order chi connectivity index (χ0) is 22.2. The third kappa shape index (κ3) is 6.65. The van der Waals surface area contributed by atoms with Crippen molar-refractivity contribution >= 4 is 46.4 Å². The molecule has 3 N–H and O–H groups in total.